The number of hydrogen-bond acceptors (Lipinski definition) is 3. The zero-order valence-corrected chi connectivity index (χ0v) is 14.8. The van der Waals surface area contributed by atoms with Gasteiger partial charge in [-0.3, -0.25) is 0 Å². The van der Waals surface area contributed by atoms with E-state index in [4.69, 9.17) is 9.47 Å². The maximum atomic E-state index is 6.00. The quantitative estimate of drug-likeness (QED) is 0.783. The second-order valence-electron chi connectivity index (χ2n) is 6.27. The van der Waals surface area contributed by atoms with Crippen molar-refractivity contribution in [2.75, 3.05) is 19.0 Å². The molecule has 0 aliphatic heterocycles. The van der Waals surface area contributed by atoms with Crippen LogP contribution in [-0.2, 0) is 6.54 Å². The fraction of sp³-hybridized carbons (Fsp3) is 0.400. The van der Waals surface area contributed by atoms with Crippen molar-refractivity contribution in [2.24, 2.45) is 5.92 Å². The molecule has 2 aromatic rings. The molecule has 3 nitrogen and oxygen atoms in total. The summed E-state index contributed by atoms with van der Waals surface area (Å²) in [7, 11) is 1.68. The highest BCUT2D eigenvalue weighted by Gasteiger charge is 2.12. The monoisotopic (exact) mass is 313 g/mol. The zero-order chi connectivity index (χ0) is 16.8. The highest BCUT2D eigenvalue weighted by molar-refractivity contribution is 5.58. The Hall–Kier alpha value is -2.16. The molecule has 0 radical (unpaired) electrons. The minimum atomic E-state index is 0.472. The summed E-state index contributed by atoms with van der Waals surface area (Å²) in [6, 6.07) is 12.4. The van der Waals surface area contributed by atoms with Crippen LogP contribution in [0.15, 0.2) is 36.4 Å². The first-order chi connectivity index (χ1) is 11.0. The Morgan fingerprint density at radius 1 is 1.00 bits per heavy atom. The van der Waals surface area contributed by atoms with Crippen molar-refractivity contribution in [1.29, 1.82) is 0 Å². The Morgan fingerprint density at radius 2 is 1.65 bits per heavy atom. The second-order valence-corrected chi connectivity index (χ2v) is 6.27. The van der Waals surface area contributed by atoms with Crippen molar-refractivity contribution < 1.29 is 9.47 Å². The van der Waals surface area contributed by atoms with Crippen molar-refractivity contribution >= 4 is 5.69 Å². The average Bonchev–Trinajstić information content (AvgIpc) is 2.52. The smallest absolute Gasteiger partial charge is 0.166 e. The average molecular weight is 313 g/mol. The van der Waals surface area contributed by atoms with Crippen LogP contribution < -0.4 is 14.8 Å². The molecule has 0 unspecified atom stereocenters. The standard InChI is InChI=1S/C20H27NO2/c1-14(2)13-23-20-17(10-7-11-18(20)22-5)12-21-19-15(3)8-6-9-16(19)4/h6-11,14,21H,12-13H2,1-5H3. The van der Waals surface area contributed by atoms with E-state index >= 15 is 0 Å². The van der Waals surface area contributed by atoms with Gasteiger partial charge in [0.05, 0.1) is 13.7 Å². The normalized spacial score (nSPS) is 10.7. The lowest BCUT2D eigenvalue weighted by molar-refractivity contribution is 0.254. The Kier molecular flexibility index (Phi) is 5.91. The van der Waals surface area contributed by atoms with Gasteiger partial charge in [-0.1, -0.05) is 44.2 Å². The molecule has 3 heteroatoms. The summed E-state index contributed by atoms with van der Waals surface area (Å²) < 4.78 is 11.5. The van der Waals surface area contributed by atoms with E-state index in [9.17, 15) is 0 Å². The minimum absolute atomic E-state index is 0.472. The Balaban J connectivity index is 2.22. The lowest BCUT2D eigenvalue weighted by Crippen LogP contribution is -2.10. The van der Waals surface area contributed by atoms with Crippen LogP contribution in [0.1, 0.15) is 30.5 Å². The summed E-state index contributed by atoms with van der Waals surface area (Å²) in [5, 5.41) is 3.54. The number of benzene rings is 2. The van der Waals surface area contributed by atoms with Gasteiger partial charge in [0.2, 0.25) is 0 Å². The second kappa shape index (κ2) is 7.91. The van der Waals surface area contributed by atoms with Gasteiger partial charge in [-0.2, -0.15) is 0 Å². The van der Waals surface area contributed by atoms with Gasteiger partial charge in [-0.15, -0.1) is 0 Å². The first kappa shape index (κ1) is 17.2. The van der Waals surface area contributed by atoms with E-state index < -0.39 is 0 Å². The van der Waals surface area contributed by atoms with Crippen molar-refractivity contribution in [3.05, 3.63) is 53.1 Å². The van der Waals surface area contributed by atoms with Crippen LogP contribution in [-0.4, -0.2) is 13.7 Å². The Labute approximate surface area is 139 Å². The summed E-state index contributed by atoms with van der Waals surface area (Å²) in [5.74, 6) is 2.09. The molecule has 1 N–H and O–H groups in total. The van der Waals surface area contributed by atoms with E-state index in [0.29, 0.717) is 19.1 Å². The molecule has 0 fully saturated rings. The fourth-order valence-corrected chi connectivity index (χ4v) is 2.55. The predicted octanol–water partition coefficient (Wildman–Crippen LogP) is 4.96. The van der Waals surface area contributed by atoms with Crippen LogP contribution in [0, 0.1) is 19.8 Å². The number of anilines is 1. The maximum Gasteiger partial charge on any atom is 0.166 e. The SMILES string of the molecule is COc1cccc(CNc2c(C)cccc2C)c1OCC(C)C. The minimum Gasteiger partial charge on any atom is -0.493 e. The third-order valence-electron chi connectivity index (χ3n) is 3.78. The molecule has 0 atom stereocenters. The number of rotatable bonds is 7. The van der Waals surface area contributed by atoms with E-state index in [1.54, 1.807) is 7.11 Å². The Morgan fingerprint density at radius 3 is 2.26 bits per heavy atom. The molecule has 0 amide bonds. The van der Waals surface area contributed by atoms with Gasteiger partial charge in [-0.25, -0.2) is 0 Å². The van der Waals surface area contributed by atoms with Gasteiger partial charge < -0.3 is 14.8 Å². The topological polar surface area (TPSA) is 30.5 Å². The van der Waals surface area contributed by atoms with Crippen molar-refractivity contribution in [2.45, 2.75) is 34.2 Å². The molecule has 2 rings (SSSR count). The molecule has 0 spiro atoms. The van der Waals surface area contributed by atoms with E-state index in [0.717, 1.165) is 17.1 Å². The van der Waals surface area contributed by atoms with E-state index in [1.807, 2.05) is 12.1 Å². The molecular formula is C20H27NO2. The van der Waals surface area contributed by atoms with Gasteiger partial charge in [0.25, 0.3) is 0 Å². The van der Waals surface area contributed by atoms with Crippen LogP contribution in [0.2, 0.25) is 0 Å². The Bertz CT molecular complexity index is 630. The first-order valence-corrected chi connectivity index (χ1v) is 8.11. The lowest BCUT2D eigenvalue weighted by atomic mass is 10.1. The van der Waals surface area contributed by atoms with Gasteiger partial charge in [0.1, 0.15) is 0 Å². The number of methoxy groups -OCH3 is 1. The van der Waals surface area contributed by atoms with E-state index in [1.165, 1.54) is 16.8 Å². The van der Waals surface area contributed by atoms with Crippen molar-refractivity contribution in [1.82, 2.24) is 0 Å². The summed E-state index contributed by atoms with van der Waals surface area (Å²) in [5.41, 5.74) is 4.79. The number of para-hydroxylation sites is 2. The largest absolute Gasteiger partial charge is 0.493 e. The van der Waals surface area contributed by atoms with Gasteiger partial charge in [0, 0.05) is 17.8 Å². The van der Waals surface area contributed by atoms with Crippen LogP contribution >= 0.6 is 0 Å². The maximum absolute atomic E-state index is 6.00. The molecule has 0 bridgehead atoms. The highest BCUT2D eigenvalue weighted by Crippen LogP contribution is 2.32. The molecular weight excluding hydrogens is 286 g/mol. The van der Waals surface area contributed by atoms with Crippen LogP contribution in [0.3, 0.4) is 0 Å². The molecule has 0 heterocycles. The third kappa shape index (κ3) is 4.41. The number of hydrogen-bond donors (Lipinski definition) is 1. The lowest BCUT2D eigenvalue weighted by Gasteiger charge is -2.18. The van der Waals surface area contributed by atoms with Gasteiger partial charge in [-0.05, 0) is 37.0 Å². The fourth-order valence-electron chi connectivity index (χ4n) is 2.55. The summed E-state index contributed by atoms with van der Waals surface area (Å²) in [6.45, 7) is 9.91. The molecule has 0 saturated heterocycles. The van der Waals surface area contributed by atoms with Crippen molar-refractivity contribution in [3.8, 4) is 11.5 Å². The predicted molar refractivity (Wildman–Crippen MR) is 96.6 cm³/mol. The summed E-state index contributed by atoms with van der Waals surface area (Å²) >= 11 is 0. The molecule has 23 heavy (non-hydrogen) atoms. The van der Waals surface area contributed by atoms with Crippen LogP contribution in [0.25, 0.3) is 0 Å². The zero-order valence-electron chi connectivity index (χ0n) is 14.8. The number of nitrogens with one attached hydrogen (secondary N) is 1. The van der Waals surface area contributed by atoms with Crippen LogP contribution in [0.4, 0.5) is 5.69 Å². The van der Waals surface area contributed by atoms with E-state index in [2.05, 4.69) is 57.3 Å². The van der Waals surface area contributed by atoms with Gasteiger partial charge in [0.15, 0.2) is 11.5 Å². The van der Waals surface area contributed by atoms with E-state index in [-0.39, 0.29) is 0 Å². The molecule has 0 aliphatic carbocycles. The highest BCUT2D eigenvalue weighted by atomic mass is 16.5. The third-order valence-corrected chi connectivity index (χ3v) is 3.78. The molecule has 0 saturated carbocycles. The van der Waals surface area contributed by atoms with Crippen LogP contribution in [0.5, 0.6) is 11.5 Å². The summed E-state index contributed by atoms with van der Waals surface area (Å²) in [4.78, 5) is 0. The number of ether oxygens (including phenoxy) is 2. The number of aryl methyl sites for hydroxylation is 2. The van der Waals surface area contributed by atoms with Crippen molar-refractivity contribution in [3.63, 3.8) is 0 Å². The summed E-state index contributed by atoms with van der Waals surface area (Å²) in [6.07, 6.45) is 0. The molecule has 2 aromatic carbocycles. The van der Waals surface area contributed by atoms with Gasteiger partial charge >= 0.3 is 0 Å². The first-order valence-electron chi connectivity index (χ1n) is 8.11. The molecule has 124 valence electrons. The molecule has 0 aromatic heterocycles. The molecule has 0 aliphatic rings.